The third-order valence-corrected chi connectivity index (χ3v) is 4.66. The van der Waals surface area contributed by atoms with Gasteiger partial charge in [0.25, 0.3) is 0 Å². The highest BCUT2D eigenvalue weighted by Crippen LogP contribution is 2.14. The van der Waals surface area contributed by atoms with E-state index in [1.54, 1.807) is 22.7 Å². The lowest BCUT2D eigenvalue weighted by molar-refractivity contribution is 0.322. The highest BCUT2D eigenvalue weighted by atomic mass is 35.5. The first kappa shape index (κ1) is 14.0. The normalized spacial score (nSPS) is 11.3. The summed E-state index contributed by atoms with van der Waals surface area (Å²) in [5.74, 6) is 0.522. The van der Waals surface area contributed by atoms with E-state index in [9.17, 15) is 0 Å². The number of rotatable bonds is 7. The number of hydrogen-bond acceptors (Lipinski definition) is 4. The predicted molar refractivity (Wildman–Crippen MR) is 80.6 cm³/mol. The van der Waals surface area contributed by atoms with Crippen LogP contribution in [0.25, 0.3) is 0 Å². The maximum absolute atomic E-state index is 5.74. The van der Waals surface area contributed by atoms with Gasteiger partial charge < -0.3 is 4.90 Å². The number of thiazole rings is 1. The van der Waals surface area contributed by atoms with Gasteiger partial charge in [0.2, 0.25) is 0 Å². The van der Waals surface area contributed by atoms with Crippen LogP contribution in [0, 0.1) is 0 Å². The van der Waals surface area contributed by atoms with Crippen molar-refractivity contribution in [2.24, 2.45) is 0 Å². The van der Waals surface area contributed by atoms with Gasteiger partial charge in [0.1, 0.15) is 0 Å². The van der Waals surface area contributed by atoms with Gasteiger partial charge in [0, 0.05) is 18.3 Å². The van der Waals surface area contributed by atoms with E-state index in [0.717, 1.165) is 31.6 Å². The van der Waals surface area contributed by atoms with Crippen molar-refractivity contribution in [2.75, 3.05) is 13.6 Å². The van der Waals surface area contributed by atoms with Crippen LogP contribution in [-0.4, -0.2) is 23.5 Å². The van der Waals surface area contributed by atoms with Crippen molar-refractivity contribution in [1.82, 2.24) is 9.88 Å². The lowest BCUT2D eigenvalue weighted by Crippen LogP contribution is -2.19. The fourth-order valence-electron chi connectivity index (χ4n) is 1.80. The Morgan fingerprint density at radius 2 is 2.28 bits per heavy atom. The van der Waals surface area contributed by atoms with Crippen LogP contribution in [0.4, 0.5) is 0 Å². The Morgan fingerprint density at radius 3 is 2.94 bits per heavy atom. The second-order valence-electron chi connectivity index (χ2n) is 4.34. The number of nitrogens with zero attached hydrogens (tertiary/aromatic N) is 2. The minimum absolute atomic E-state index is 0.522. The molecule has 0 fully saturated rings. The van der Waals surface area contributed by atoms with E-state index in [4.69, 9.17) is 11.6 Å². The van der Waals surface area contributed by atoms with Crippen LogP contribution in [0.15, 0.2) is 22.2 Å². The Hall–Kier alpha value is -0.420. The summed E-state index contributed by atoms with van der Waals surface area (Å²) < 4.78 is 0. The lowest BCUT2D eigenvalue weighted by Gasteiger charge is -2.15. The second-order valence-corrected chi connectivity index (χ2v) is 6.33. The number of aromatic nitrogens is 1. The summed E-state index contributed by atoms with van der Waals surface area (Å²) in [7, 11) is 2.17. The third kappa shape index (κ3) is 4.35. The second kappa shape index (κ2) is 7.24. The van der Waals surface area contributed by atoms with E-state index in [1.165, 1.54) is 10.6 Å². The van der Waals surface area contributed by atoms with Crippen molar-refractivity contribution in [3.63, 3.8) is 0 Å². The Morgan fingerprint density at radius 1 is 1.39 bits per heavy atom. The maximum Gasteiger partial charge on any atom is 0.0929 e. The Labute approximate surface area is 121 Å². The van der Waals surface area contributed by atoms with Gasteiger partial charge in [-0.25, -0.2) is 4.98 Å². The largest absolute Gasteiger partial charge is 0.302 e. The van der Waals surface area contributed by atoms with Gasteiger partial charge >= 0.3 is 0 Å². The number of alkyl halides is 1. The number of thiophene rings is 1. The van der Waals surface area contributed by atoms with Crippen LogP contribution in [-0.2, 0) is 18.8 Å². The van der Waals surface area contributed by atoms with Crippen molar-refractivity contribution < 1.29 is 0 Å². The molecule has 0 saturated heterocycles. The third-order valence-electron chi connectivity index (χ3n) is 2.70. The van der Waals surface area contributed by atoms with Crippen LogP contribution in [0.2, 0.25) is 0 Å². The zero-order valence-corrected chi connectivity index (χ0v) is 12.8. The lowest BCUT2D eigenvalue weighted by atomic mass is 10.2. The Balaban J connectivity index is 1.68. The van der Waals surface area contributed by atoms with Gasteiger partial charge in [-0.15, -0.1) is 22.9 Å². The molecule has 0 aliphatic heterocycles. The first-order valence-corrected chi connectivity index (χ1v) is 8.32. The van der Waals surface area contributed by atoms with Crippen LogP contribution < -0.4 is 0 Å². The Kier molecular flexibility index (Phi) is 5.63. The highest BCUT2D eigenvalue weighted by molar-refractivity contribution is 7.09. The standard InChI is InChI=1S/C13H17ClN2S2/c1-16(8-11-4-6-17-9-11)5-2-3-13-15-12(7-14)10-18-13/h4,6,9-10H,2-3,5,7-8H2,1H3. The smallest absolute Gasteiger partial charge is 0.0929 e. The van der Waals surface area contributed by atoms with Gasteiger partial charge in [0.15, 0.2) is 0 Å². The SMILES string of the molecule is CN(CCCc1nc(CCl)cs1)Cc1ccsc1. The van der Waals surface area contributed by atoms with Crippen LogP contribution in [0.5, 0.6) is 0 Å². The number of halogens is 1. The molecule has 2 nitrogen and oxygen atoms in total. The fraction of sp³-hybridized carbons (Fsp3) is 0.462. The quantitative estimate of drug-likeness (QED) is 0.718. The van der Waals surface area contributed by atoms with Crippen molar-refractivity contribution in [3.8, 4) is 0 Å². The van der Waals surface area contributed by atoms with Crippen LogP contribution in [0.3, 0.4) is 0 Å². The summed E-state index contributed by atoms with van der Waals surface area (Å²) in [4.78, 5) is 6.83. The Bertz CT molecular complexity index is 453. The summed E-state index contributed by atoms with van der Waals surface area (Å²) in [6.45, 7) is 2.14. The fourth-order valence-corrected chi connectivity index (χ4v) is 3.53. The molecule has 0 aromatic carbocycles. The molecule has 2 aromatic rings. The average Bonchev–Trinajstić information content (AvgIpc) is 3.00. The van der Waals surface area contributed by atoms with E-state index < -0.39 is 0 Å². The van der Waals surface area contributed by atoms with E-state index in [1.807, 2.05) is 0 Å². The summed E-state index contributed by atoms with van der Waals surface area (Å²) in [6, 6.07) is 2.19. The molecule has 2 rings (SSSR count). The highest BCUT2D eigenvalue weighted by Gasteiger charge is 2.04. The number of hydrogen-bond donors (Lipinski definition) is 0. The molecule has 0 amide bonds. The molecule has 2 heterocycles. The molecule has 0 radical (unpaired) electrons. The molecule has 0 atom stereocenters. The molecule has 0 saturated carbocycles. The molecule has 0 bridgehead atoms. The topological polar surface area (TPSA) is 16.1 Å². The molecule has 2 aromatic heterocycles. The monoisotopic (exact) mass is 300 g/mol. The van der Waals surface area contributed by atoms with Crippen LogP contribution in [0.1, 0.15) is 22.7 Å². The van der Waals surface area contributed by atoms with Gasteiger partial charge in [0.05, 0.1) is 16.6 Å². The van der Waals surface area contributed by atoms with Gasteiger partial charge in [-0.3, -0.25) is 0 Å². The van der Waals surface area contributed by atoms with Crippen molar-refractivity contribution >= 4 is 34.3 Å². The number of aryl methyl sites for hydroxylation is 1. The summed E-state index contributed by atoms with van der Waals surface area (Å²) in [5.41, 5.74) is 2.41. The summed E-state index contributed by atoms with van der Waals surface area (Å²) >= 11 is 9.22. The van der Waals surface area contributed by atoms with Gasteiger partial charge in [-0.1, -0.05) is 0 Å². The molecular formula is C13H17ClN2S2. The van der Waals surface area contributed by atoms with E-state index >= 15 is 0 Å². The van der Waals surface area contributed by atoms with Crippen LogP contribution >= 0.6 is 34.3 Å². The first-order valence-electron chi connectivity index (χ1n) is 5.97. The van der Waals surface area contributed by atoms with E-state index in [0.29, 0.717) is 5.88 Å². The molecule has 0 spiro atoms. The molecule has 18 heavy (non-hydrogen) atoms. The summed E-state index contributed by atoms with van der Waals surface area (Å²) in [6.07, 6.45) is 2.20. The molecular weight excluding hydrogens is 284 g/mol. The summed E-state index contributed by atoms with van der Waals surface area (Å²) in [5, 5.41) is 7.60. The predicted octanol–water partition coefficient (Wildman–Crippen LogP) is 4.01. The van der Waals surface area contributed by atoms with Gasteiger partial charge in [-0.05, 0) is 42.4 Å². The molecule has 98 valence electrons. The van der Waals surface area contributed by atoms with E-state index in [2.05, 4.69) is 39.1 Å². The van der Waals surface area contributed by atoms with Crippen molar-refractivity contribution in [1.29, 1.82) is 0 Å². The minimum Gasteiger partial charge on any atom is -0.302 e. The van der Waals surface area contributed by atoms with Crippen molar-refractivity contribution in [3.05, 3.63) is 38.5 Å². The molecule has 0 aliphatic rings. The molecule has 5 heteroatoms. The molecule has 0 N–H and O–H groups in total. The maximum atomic E-state index is 5.74. The minimum atomic E-state index is 0.522. The first-order chi connectivity index (χ1) is 8.78. The zero-order valence-electron chi connectivity index (χ0n) is 10.4. The average molecular weight is 301 g/mol. The van der Waals surface area contributed by atoms with Gasteiger partial charge in [-0.2, -0.15) is 11.3 Å². The van der Waals surface area contributed by atoms with E-state index in [-0.39, 0.29) is 0 Å². The zero-order chi connectivity index (χ0) is 12.8. The molecule has 0 aliphatic carbocycles. The van der Waals surface area contributed by atoms with Crippen molar-refractivity contribution in [2.45, 2.75) is 25.3 Å². The molecule has 0 unspecified atom stereocenters.